The van der Waals surface area contributed by atoms with Crippen LogP contribution < -0.4 is 5.32 Å². The summed E-state index contributed by atoms with van der Waals surface area (Å²) in [7, 11) is 0. The zero-order valence-electron chi connectivity index (χ0n) is 10.9. The van der Waals surface area contributed by atoms with Crippen molar-refractivity contribution < 1.29 is 19.4 Å². The normalized spacial score (nSPS) is 30.4. The summed E-state index contributed by atoms with van der Waals surface area (Å²) in [5.74, 6) is -2.79. The van der Waals surface area contributed by atoms with Gasteiger partial charge < -0.3 is 15.2 Å². The summed E-state index contributed by atoms with van der Waals surface area (Å²) in [5.41, 5.74) is 1.64. The SMILES string of the molecule is Cc1ccccc1NC(=O)[C@@H]1[C@@H](C(=O)O)[C@@H]2C=C[C@@H]1O2. The highest BCUT2D eigenvalue weighted by Crippen LogP contribution is 2.39. The zero-order valence-corrected chi connectivity index (χ0v) is 10.9. The van der Waals surface area contributed by atoms with E-state index in [9.17, 15) is 14.7 Å². The number of rotatable bonds is 3. The van der Waals surface area contributed by atoms with Gasteiger partial charge in [0, 0.05) is 5.69 Å². The number of para-hydroxylation sites is 1. The van der Waals surface area contributed by atoms with E-state index in [1.165, 1.54) is 0 Å². The van der Waals surface area contributed by atoms with Crippen LogP contribution in [0.25, 0.3) is 0 Å². The van der Waals surface area contributed by atoms with Crippen LogP contribution in [0.2, 0.25) is 0 Å². The highest BCUT2D eigenvalue weighted by atomic mass is 16.5. The van der Waals surface area contributed by atoms with Crippen molar-refractivity contribution in [2.45, 2.75) is 19.1 Å². The van der Waals surface area contributed by atoms with E-state index in [2.05, 4.69) is 5.32 Å². The van der Waals surface area contributed by atoms with Gasteiger partial charge in [0.25, 0.3) is 0 Å². The van der Waals surface area contributed by atoms with Gasteiger partial charge >= 0.3 is 5.97 Å². The second-order valence-electron chi connectivity index (χ2n) is 5.14. The smallest absolute Gasteiger partial charge is 0.310 e. The molecule has 0 aromatic heterocycles. The maximum Gasteiger partial charge on any atom is 0.310 e. The molecule has 5 heteroatoms. The summed E-state index contributed by atoms with van der Waals surface area (Å²) < 4.78 is 5.50. The molecule has 1 aromatic rings. The van der Waals surface area contributed by atoms with Crippen molar-refractivity contribution in [3.05, 3.63) is 42.0 Å². The van der Waals surface area contributed by atoms with Crippen LogP contribution in [0.4, 0.5) is 5.69 Å². The van der Waals surface area contributed by atoms with Crippen LogP contribution in [-0.4, -0.2) is 29.2 Å². The number of anilines is 1. The van der Waals surface area contributed by atoms with E-state index in [0.29, 0.717) is 5.69 Å². The third-order valence-electron chi connectivity index (χ3n) is 3.89. The summed E-state index contributed by atoms with van der Waals surface area (Å²) in [6.07, 6.45) is 2.56. The molecule has 2 aliphatic rings. The molecule has 0 aliphatic carbocycles. The van der Waals surface area contributed by atoms with Crippen molar-refractivity contribution in [3.8, 4) is 0 Å². The van der Waals surface area contributed by atoms with Crippen LogP contribution in [0.5, 0.6) is 0 Å². The maximum atomic E-state index is 12.4. The molecule has 0 radical (unpaired) electrons. The molecule has 1 aromatic carbocycles. The van der Waals surface area contributed by atoms with Crippen molar-refractivity contribution in [1.29, 1.82) is 0 Å². The van der Waals surface area contributed by atoms with Gasteiger partial charge in [-0.05, 0) is 18.6 Å². The Bertz CT molecular complexity index is 595. The van der Waals surface area contributed by atoms with E-state index in [0.717, 1.165) is 5.56 Å². The number of ether oxygens (including phenoxy) is 1. The standard InChI is InChI=1S/C15H15NO4/c1-8-4-2-3-5-9(8)16-14(17)12-10-6-7-11(20-10)13(12)15(18)19/h2-7,10-13H,1H3,(H,16,17)(H,18,19)/t10-,11-,12-,13-/m0/s1. The molecule has 0 saturated carbocycles. The first-order valence-corrected chi connectivity index (χ1v) is 6.51. The van der Waals surface area contributed by atoms with E-state index < -0.39 is 30.0 Å². The monoisotopic (exact) mass is 273 g/mol. The summed E-state index contributed by atoms with van der Waals surface area (Å²) in [6.45, 7) is 1.89. The van der Waals surface area contributed by atoms with E-state index in [1.54, 1.807) is 18.2 Å². The summed E-state index contributed by atoms with van der Waals surface area (Å²) in [6, 6.07) is 7.40. The fourth-order valence-corrected chi connectivity index (χ4v) is 2.84. The minimum absolute atomic E-state index is 0.302. The number of carboxylic acids is 1. The Morgan fingerprint density at radius 2 is 1.80 bits per heavy atom. The van der Waals surface area contributed by atoms with Crippen molar-refractivity contribution in [1.82, 2.24) is 0 Å². The average Bonchev–Trinajstić information content (AvgIpc) is 3.01. The Labute approximate surface area is 116 Å². The number of carbonyl (C=O) groups is 2. The molecule has 2 heterocycles. The summed E-state index contributed by atoms with van der Waals surface area (Å²) in [4.78, 5) is 23.7. The Kier molecular flexibility index (Phi) is 3.06. The lowest BCUT2D eigenvalue weighted by Crippen LogP contribution is -2.39. The average molecular weight is 273 g/mol. The minimum atomic E-state index is -0.994. The van der Waals surface area contributed by atoms with Crippen LogP contribution in [0.1, 0.15) is 5.56 Å². The Hall–Kier alpha value is -2.14. The summed E-state index contributed by atoms with van der Waals surface area (Å²) in [5, 5.41) is 12.1. The molecule has 2 aliphatic heterocycles. The molecule has 0 spiro atoms. The molecule has 1 saturated heterocycles. The second-order valence-corrected chi connectivity index (χ2v) is 5.14. The van der Waals surface area contributed by atoms with Crippen LogP contribution in [-0.2, 0) is 14.3 Å². The van der Waals surface area contributed by atoms with Gasteiger partial charge in [-0.1, -0.05) is 30.4 Å². The molecule has 104 valence electrons. The number of aliphatic carboxylic acids is 1. The molecule has 3 rings (SSSR count). The number of carbonyl (C=O) groups excluding carboxylic acids is 1. The largest absolute Gasteiger partial charge is 0.481 e. The first kappa shape index (κ1) is 12.9. The third kappa shape index (κ3) is 2.00. The lowest BCUT2D eigenvalue weighted by atomic mass is 9.82. The Morgan fingerprint density at radius 1 is 1.15 bits per heavy atom. The van der Waals surface area contributed by atoms with Gasteiger partial charge in [-0.2, -0.15) is 0 Å². The van der Waals surface area contributed by atoms with E-state index in [-0.39, 0.29) is 5.91 Å². The van der Waals surface area contributed by atoms with Gasteiger partial charge in [-0.3, -0.25) is 9.59 Å². The highest BCUT2D eigenvalue weighted by Gasteiger charge is 2.53. The van der Waals surface area contributed by atoms with E-state index >= 15 is 0 Å². The quantitative estimate of drug-likeness (QED) is 0.820. The van der Waals surface area contributed by atoms with E-state index in [1.807, 2.05) is 25.1 Å². The van der Waals surface area contributed by atoms with Crippen LogP contribution in [0, 0.1) is 18.8 Å². The molecule has 2 N–H and O–H groups in total. The third-order valence-corrected chi connectivity index (χ3v) is 3.89. The van der Waals surface area contributed by atoms with Crippen LogP contribution >= 0.6 is 0 Å². The molecular weight excluding hydrogens is 258 g/mol. The molecule has 0 unspecified atom stereocenters. The fourth-order valence-electron chi connectivity index (χ4n) is 2.84. The number of hydrogen-bond acceptors (Lipinski definition) is 3. The lowest BCUT2D eigenvalue weighted by molar-refractivity contribution is -0.145. The van der Waals surface area contributed by atoms with Crippen molar-refractivity contribution >= 4 is 17.6 Å². The second kappa shape index (κ2) is 4.76. The molecule has 1 amide bonds. The number of amides is 1. The van der Waals surface area contributed by atoms with Gasteiger partial charge in [-0.15, -0.1) is 0 Å². The predicted molar refractivity (Wildman–Crippen MR) is 72.2 cm³/mol. The minimum Gasteiger partial charge on any atom is -0.481 e. The van der Waals surface area contributed by atoms with Crippen molar-refractivity contribution in [2.75, 3.05) is 5.32 Å². The van der Waals surface area contributed by atoms with Gasteiger partial charge in [0.2, 0.25) is 5.91 Å². The number of carboxylic acid groups (broad SMARTS) is 1. The summed E-state index contributed by atoms with van der Waals surface area (Å²) >= 11 is 0. The van der Waals surface area contributed by atoms with Crippen molar-refractivity contribution in [3.63, 3.8) is 0 Å². The van der Waals surface area contributed by atoms with Gasteiger partial charge in [0.15, 0.2) is 0 Å². The molecule has 4 atom stereocenters. The zero-order chi connectivity index (χ0) is 14.3. The molecule has 20 heavy (non-hydrogen) atoms. The molecule has 1 fully saturated rings. The van der Waals surface area contributed by atoms with E-state index in [4.69, 9.17) is 4.74 Å². The molecule has 5 nitrogen and oxygen atoms in total. The number of nitrogens with one attached hydrogen (secondary N) is 1. The lowest BCUT2D eigenvalue weighted by Gasteiger charge is -2.21. The Balaban J connectivity index is 1.82. The highest BCUT2D eigenvalue weighted by molar-refractivity contribution is 5.97. The molecule has 2 bridgehead atoms. The Morgan fingerprint density at radius 3 is 2.45 bits per heavy atom. The van der Waals surface area contributed by atoms with Crippen LogP contribution in [0.15, 0.2) is 36.4 Å². The maximum absolute atomic E-state index is 12.4. The number of hydrogen-bond donors (Lipinski definition) is 2. The molecular formula is C15H15NO4. The topological polar surface area (TPSA) is 75.6 Å². The fraction of sp³-hybridized carbons (Fsp3) is 0.333. The van der Waals surface area contributed by atoms with Gasteiger partial charge in [0.1, 0.15) is 5.92 Å². The van der Waals surface area contributed by atoms with Crippen LogP contribution in [0.3, 0.4) is 0 Å². The predicted octanol–water partition coefficient (Wildman–Crippen LogP) is 1.59. The van der Waals surface area contributed by atoms with Gasteiger partial charge in [0.05, 0.1) is 18.1 Å². The van der Waals surface area contributed by atoms with Gasteiger partial charge in [-0.25, -0.2) is 0 Å². The van der Waals surface area contributed by atoms with Crippen molar-refractivity contribution in [2.24, 2.45) is 11.8 Å². The number of benzene rings is 1. The number of fused-ring (bicyclic) bond motifs is 2. The first-order chi connectivity index (χ1) is 9.58. The first-order valence-electron chi connectivity index (χ1n) is 6.51. The number of aryl methyl sites for hydroxylation is 1.